The minimum absolute atomic E-state index is 0.0989. The lowest BCUT2D eigenvalue weighted by atomic mass is 9.93. The zero-order chi connectivity index (χ0) is 15.8. The normalized spacial score (nSPS) is 11.7. The van der Waals surface area contributed by atoms with Crippen LogP contribution in [-0.4, -0.2) is 0 Å². The third kappa shape index (κ3) is 2.06. The molecule has 4 heteroatoms. The fraction of sp³-hybridized carbons (Fsp3) is 0.0526. The van der Waals surface area contributed by atoms with Crippen molar-refractivity contribution in [1.82, 2.24) is 0 Å². The molecular formula is C19H14F2N2. The van der Waals surface area contributed by atoms with Gasteiger partial charge in [-0.05, 0) is 40.3 Å². The maximum absolute atomic E-state index is 13.5. The summed E-state index contributed by atoms with van der Waals surface area (Å²) in [5.74, 6) is 0. The fourth-order valence-corrected chi connectivity index (χ4v) is 3.37. The minimum atomic E-state index is 0.0989. The van der Waals surface area contributed by atoms with Crippen molar-refractivity contribution in [3.63, 3.8) is 0 Å². The zero-order valence-electron chi connectivity index (χ0n) is 12.2. The monoisotopic (exact) mass is 308 g/mol. The number of halogens is 2. The van der Waals surface area contributed by atoms with Crippen LogP contribution in [0.1, 0.15) is 11.1 Å². The lowest BCUT2D eigenvalue weighted by Crippen LogP contribution is -1.98. The Bertz CT molecular complexity index is 876. The van der Waals surface area contributed by atoms with Gasteiger partial charge in [-0.1, -0.05) is 54.6 Å². The molecule has 0 saturated carbocycles. The Morgan fingerprint density at radius 1 is 0.783 bits per heavy atom. The first-order valence-corrected chi connectivity index (χ1v) is 7.40. The van der Waals surface area contributed by atoms with Crippen molar-refractivity contribution in [2.75, 3.05) is 11.1 Å². The summed E-state index contributed by atoms with van der Waals surface area (Å²) in [5.41, 5.74) is 9.25. The van der Waals surface area contributed by atoms with Gasteiger partial charge in [0.2, 0.25) is 0 Å². The number of benzene rings is 3. The van der Waals surface area contributed by atoms with Crippen LogP contribution in [0, 0.1) is 0 Å². The van der Waals surface area contributed by atoms with Crippen LogP contribution >= 0.6 is 0 Å². The predicted molar refractivity (Wildman–Crippen MR) is 89.6 cm³/mol. The summed E-state index contributed by atoms with van der Waals surface area (Å²) in [4.78, 5) is 0. The van der Waals surface area contributed by atoms with Crippen molar-refractivity contribution >= 4 is 11.4 Å². The van der Waals surface area contributed by atoms with Crippen LogP contribution in [-0.2, 0) is 6.42 Å². The molecule has 0 bridgehead atoms. The Balaban J connectivity index is 2.06. The Kier molecular flexibility index (Phi) is 3.23. The van der Waals surface area contributed by atoms with Crippen molar-refractivity contribution < 1.29 is 8.96 Å². The molecule has 4 rings (SSSR count). The first-order valence-electron chi connectivity index (χ1n) is 7.40. The highest BCUT2D eigenvalue weighted by molar-refractivity contribution is 5.97. The van der Waals surface area contributed by atoms with Gasteiger partial charge in [0.1, 0.15) is 0 Å². The average molecular weight is 308 g/mol. The molecule has 0 amide bonds. The summed E-state index contributed by atoms with van der Waals surface area (Å²) in [6, 6.07) is 19.2. The number of nitrogens with one attached hydrogen (secondary N) is 2. The van der Waals surface area contributed by atoms with Crippen molar-refractivity contribution in [3.05, 3.63) is 71.8 Å². The Morgan fingerprint density at radius 3 is 2.26 bits per heavy atom. The van der Waals surface area contributed by atoms with Crippen molar-refractivity contribution in [2.45, 2.75) is 6.42 Å². The maximum Gasteiger partial charge on any atom is 0.0994 e. The third-order valence-corrected chi connectivity index (χ3v) is 4.37. The molecule has 114 valence electrons. The van der Waals surface area contributed by atoms with Crippen LogP contribution in [0.5, 0.6) is 0 Å². The van der Waals surface area contributed by atoms with Crippen molar-refractivity contribution in [1.29, 1.82) is 0 Å². The third-order valence-electron chi connectivity index (χ3n) is 4.37. The second-order valence-electron chi connectivity index (χ2n) is 5.59. The molecule has 2 nitrogen and oxygen atoms in total. The first-order chi connectivity index (χ1) is 11.3. The quantitative estimate of drug-likeness (QED) is 0.487. The molecule has 0 spiro atoms. The van der Waals surface area contributed by atoms with E-state index in [4.69, 9.17) is 0 Å². The molecule has 2 N–H and O–H groups in total. The van der Waals surface area contributed by atoms with E-state index >= 15 is 0 Å². The van der Waals surface area contributed by atoms with Gasteiger partial charge in [-0.3, -0.25) is 0 Å². The van der Waals surface area contributed by atoms with E-state index in [1.165, 1.54) is 5.56 Å². The second-order valence-corrected chi connectivity index (χ2v) is 5.59. The molecule has 3 aromatic carbocycles. The van der Waals surface area contributed by atoms with E-state index in [0.29, 0.717) is 12.0 Å². The van der Waals surface area contributed by atoms with Gasteiger partial charge in [-0.15, -0.1) is 8.96 Å². The van der Waals surface area contributed by atoms with Gasteiger partial charge in [0, 0.05) is 5.56 Å². The van der Waals surface area contributed by atoms with Crippen LogP contribution in [0.4, 0.5) is 20.3 Å². The molecule has 1 aliphatic carbocycles. The van der Waals surface area contributed by atoms with Crippen LogP contribution < -0.4 is 11.1 Å². The summed E-state index contributed by atoms with van der Waals surface area (Å²) in [5, 5.41) is 0. The summed E-state index contributed by atoms with van der Waals surface area (Å²) in [7, 11) is 0. The fourth-order valence-electron chi connectivity index (χ4n) is 3.37. The van der Waals surface area contributed by atoms with E-state index in [2.05, 4.69) is 6.07 Å². The first kappa shape index (κ1) is 13.8. The maximum atomic E-state index is 13.5. The van der Waals surface area contributed by atoms with Crippen molar-refractivity contribution in [3.8, 4) is 22.3 Å². The van der Waals surface area contributed by atoms with Gasteiger partial charge in [0.15, 0.2) is 0 Å². The smallest absolute Gasteiger partial charge is 0.0994 e. The van der Waals surface area contributed by atoms with E-state index in [1.54, 1.807) is 17.1 Å². The molecule has 1 aliphatic rings. The van der Waals surface area contributed by atoms with Crippen LogP contribution in [0.15, 0.2) is 60.7 Å². The minimum Gasteiger partial charge on any atom is -0.222 e. The van der Waals surface area contributed by atoms with E-state index in [0.717, 1.165) is 22.3 Å². The van der Waals surface area contributed by atoms with E-state index in [9.17, 15) is 8.96 Å². The summed E-state index contributed by atoms with van der Waals surface area (Å²) in [6.45, 7) is 0. The molecule has 23 heavy (non-hydrogen) atoms. The van der Waals surface area contributed by atoms with Gasteiger partial charge in [0.05, 0.1) is 11.4 Å². The Hall–Kier alpha value is -2.88. The second kappa shape index (κ2) is 5.39. The summed E-state index contributed by atoms with van der Waals surface area (Å²) >= 11 is 0. The van der Waals surface area contributed by atoms with E-state index in [-0.39, 0.29) is 11.4 Å². The molecule has 0 unspecified atom stereocenters. The number of hydrogen-bond donors (Lipinski definition) is 2. The molecule has 3 aromatic rings. The Labute approximate surface area is 132 Å². The van der Waals surface area contributed by atoms with Gasteiger partial charge in [-0.25, -0.2) is 11.1 Å². The van der Waals surface area contributed by atoms with Crippen LogP contribution in [0.25, 0.3) is 22.3 Å². The SMILES string of the molecule is FNc1cc2c(c(-c3ccccc3)c1NF)Cc1ccccc1-2. The topological polar surface area (TPSA) is 24.1 Å². The van der Waals surface area contributed by atoms with Gasteiger partial charge in [-0.2, -0.15) is 0 Å². The molecule has 0 fully saturated rings. The summed E-state index contributed by atoms with van der Waals surface area (Å²) in [6.07, 6.45) is 0.705. The van der Waals surface area contributed by atoms with Crippen LogP contribution in [0.2, 0.25) is 0 Å². The predicted octanol–water partition coefficient (Wildman–Crippen LogP) is 5.52. The molecule has 0 heterocycles. The molecule has 0 aromatic heterocycles. The molecule has 0 radical (unpaired) electrons. The average Bonchev–Trinajstić information content (AvgIpc) is 2.98. The van der Waals surface area contributed by atoms with Crippen molar-refractivity contribution in [2.24, 2.45) is 0 Å². The van der Waals surface area contributed by atoms with Gasteiger partial charge >= 0.3 is 0 Å². The molecule has 0 saturated heterocycles. The number of fused-ring (bicyclic) bond motifs is 3. The highest BCUT2D eigenvalue weighted by atomic mass is 19.2. The largest absolute Gasteiger partial charge is 0.222 e. The molecule has 0 aliphatic heterocycles. The summed E-state index contributed by atoms with van der Waals surface area (Å²) < 4.78 is 26.7. The standard InChI is InChI=1S/C19H14F2N2/c20-22-17-11-15-14-9-5-4-8-13(14)10-16(15)18(19(17)23-21)12-6-2-1-3-7-12/h1-9,11,22-23H,10H2. The number of anilines is 2. The van der Waals surface area contributed by atoms with E-state index < -0.39 is 0 Å². The lowest BCUT2D eigenvalue weighted by molar-refractivity contribution is 0.602. The van der Waals surface area contributed by atoms with E-state index in [1.807, 2.05) is 48.5 Å². The van der Waals surface area contributed by atoms with Gasteiger partial charge < -0.3 is 0 Å². The molecular weight excluding hydrogens is 294 g/mol. The van der Waals surface area contributed by atoms with Crippen LogP contribution in [0.3, 0.4) is 0 Å². The highest BCUT2D eigenvalue weighted by Crippen LogP contribution is 2.48. The van der Waals surface area contributed by atoms with Gasteiger partial charge in [0.25, 0.3) is 0 Å². The number of hydrogen-bond acceptors (Lipinski definition) is 2. The Morgan fingerprint density at radius 2 is 1.52 bits per heavy atom. The zero-order valence-corrected chi connectivity index (χ0v) is 12.2. The molecule has 0 atom stereocenters. The highest BCUT2D eigenvalue weighted by Gasteiger charge is 2.26. The lowest BCUT2D eigenvalue weighted by Gasteiger charge is -2.16. The number of rotatable bonds is 3.